The lowest BCUT2D eigenvalue weighted by Crippen LogP contribution is -2.47. The van der Waals surface area contributed by atoms with Crippen molar-refractivity contribution in [2.24, 2.45) is 5.92 Å². The van der Waals surface area contributed by atoms with Gasteiger partial charge in [-0.1, -0.05) is 66.7 Å². The highest BCUT2D eigenvalue weighted by Gasteiger charge is 2.32. The number of fused-ring (bicyclic) bond motifs is 1. The highest BCUT2D eigenvalue weighted by molar-refractivity contribution is 6.36. The van der Waals surface area contributed by atoms with Gasteiger partial charge in [0.15, 0.2) is 5.76 Å². The molecule has 1 aromatic heterocycles. The van der Waals surface area contributed by atoms with E-state index >= 15 is 0 Å². The summed E-state index contributed by atoms with van der Waals surface area (Å²) in [6.45, 7) is 0. The second-order valence-electron chi connectivity index (χ2n) is 9.86. The van der Waals surface area contributed by atoms with E-state index in [0.29, 0.717) is 21.4 Å². The summed E-state index contributed by atoms with van der Waals surface area (Å²) in [5, 5.41) is 8.24. The maximum atomic E-state index is 13.6. The Bertz CT molecular complexity index is 1580. The molecule has 5 rings (SSSR count). The molecule has 1 aliphatic rings. The summed E-state index contributed by atoms with van der Waals surface area (Å²) in [5.41, 5.74) is 1.10. The van der Waals surface area contributed by atoms with Gasteiger partial charge in [-0.3, -0.25) is 9.59 Å². The van der Waals surface area contributed by atoms with Crippen molar-refractivity contribution in [2.75, 3.05) is 12.4 Å². The van der Waals surface area contributed by atoms with Gasteiger partial charge in [-0.2, -0.15) is 0 Å². The van der Waals surface area contributed by atoms with Crippen molar-refractivity contribution in [3.8, 4) is 11.3 Å². The number of ether oxygens (including phenoxy) is 1. The summed E-state index contributed by atoms with van der Waals surface area (Å²) in [7, 11) is 1.32. The number of carbonyl (C=O) groups excluding carboxylic acids is 3. The summed E-state index contributed by atoms with van der Waals surface area (Å²) in [5.74, 6) is -1.07. The number of hydrogen-bond donors (Lipinski definition) is 2. The van der Waals surface area contributed by atoms with E-state index in [1.807, 2.05) is 24.3 Å². The minimum absolute atomic E-state index is 0.00937. The molecule has 0 unspecified atom stereocenters. The molecule has 0 saturated heterocycles. The number of rotatable bonds is 7. The van der Waals surface area contributed by atoms with Crippen LogP contribution < -0.4 is 10.6 Å². The van der Waals surface area contributed by atoms with E-state index < -0.39 is 23.8 Å². The van der Waals surface area contributed by atoms with Gasteiger partial charge in [0.05, 0.1) is 23.4 Å². The first kappa shape index (κ1) is 27.7. The number of esters is 1. The van der Waals surface area contributed by atoms with E-state index in [9.17, 15) is 14.4 Å². The Balaban J connectivity index is 1.44. The number of carbonyl (C=O) groups is 3. The van der Waals surface area contributed by atoms with Crippen LogP contribution in [0.2, 0.25) is 10.0 Å². The normalized spacial score (nSPS) is 14.5. The van der Waals surface area contributed by atoms with Gasteiger partial charge >= 0.3 is 5.97 Å². The number of methoxy groups -OCH3 is 1. The number of hydrogen-bond acceptors (Lipinski definition) is 5. The zero-order valence-corrected chi connectivity index (χ0v) is 23.4. The summed E-state index contributed by atoms with van der Waals surface area (Å²) in [4.78, 5) is 39.6. The lowest BCUT2D eigenvalue weighted by atomic mass is 9.83. The average Bonchev–Trinajstić information content (AvgIpc) is 3.45. The molecule has 0 spiro atoms. The molecule has 1 saturated carbocycles. The molecule has 0 radical (unpaired) electrons. The maximum absolute atomic E-state index is 13.6. The molecule has 1 atom stereocenters. The fourth-order valence-electron chi connectivity index (χ4n) is 5.19. The van der Waals surface area contributed by atoms with Crippen molar-refractivity contribution in [1.29, 1.82) is 0 Å². The van der Waals surface area contributed by atoms with Crippen molar-refractivity contribution in [3.63, 3.8) is 0 Å². The molecule has 40 heavy (non-hydrogen) atoms. The summed E-state index contributed by atoms with van der Waals surface area (Å²) in [6.07, 6.45) is 4.77. The smallest absolute Gasteiger partial charge is 0.328 e. The van der Waals surface area contributed by atoms with Gasteiger partial charge in [0.2, 0.25) is 0 Å². The Morgan fingerprint density at radius 2 is 1.62 bits per heavy atom. The lowest BCUT2D eigenvalue weighted by Gasteiger charge is -2.29. The molecule has 7 nitrogen and oxygen atoms in total. The zero-order valence-electron chi connectivity index (χ0n) is 21.8. The van der Waals surface area contributed by atoms with Crippen LogP contribution in [0.15, 0.2) is 71.1 Å². The molecule has 3 aromatic carbocycles. The van der Waals surface area contributed by atoms with E-state index in [2.05, 4.69) is 10.6 Å². The van der Waals surface area contributed by atoms with Crippen molar-refractivity contribution in [1.82, 2.24) is 5.32 Å². The largest absolute Gasteiger partial charge is 0.467 e. The Morgan fingerprint density at radius 1 is 0.900 bits per heavy atom. The van der Waals surface area contributed by atoms with Gasteiger partial charge in [-0.05, 0) is 72.0 Å². The number of halogens is 2. The summed E-state index contributed by atoms with van der Waals surface area (Å²) in [6, 6.07) is 18.3. The third-order valence-corrected chi connectivity index (χ3v) is 7.82. The van der Waals surface area contributed by atoms with Gasteiger partial charge in [-0.25, -0.2) is 4.79 Å². The third kappa shape index (κ3) is 6.01. The maximum Gasteiger partial charge on any atom is 0.328 e. The number of benzene rings is 3. The van der Waals surface area contributed by atoms with Gasteiger partial charge in [0.1, 0.15) is 11.8 Å². The van der Waals surface area contributed by atoms with Gasteiger partial charge < -0.3 is 19.8 Å². The molecule has 9 heteroatoms. The highest BCUT2D eigenvalue weighted by atomic mass is 35.5. The number of anilines is 1. The Labute approximate surface area is 241 Å². The fourth-order valence-corrected chi connectivity index (χ4v) is 5.69. The minimum Gasteiger partial charge on any atom is -0.467 e. The van der Waals surface area contributed by atoms with E-state index in [1.165, 1.54) is 13.2 Å². The Morgan fingerprint density at radius 3 is 2.33 bits per heavy atom. The molecule has 1 aliphatic carbocycles. The van der Waals surface area contributed by atoms with E-state index in [1.54, 1.807) is 36.4 Å². The quantitative estimate of drug-likeness (QED) is 0.221. The highest BCUT2D eigenvalue weighted by Crippen LogP contribution is 2.33. The standard InChI is InChI=1S/C31H28Cl2N2O5/c1-39-31(38)28(18-7-3-2-4-8-18)35-29(36)23-15-19-9-5-6-10-20(19)16-25(23)34-30(37)27-14-13-26(40-27)22-12-11-21(32)17-24(22)33/h5-6,9-18,28H,2-4,7-8H2,1H3,(H,34,37)(H,35,36)/t28-/m0/s1. The van der Waals surface area contributed by atoms with Gasteiger partial charge in [0, 0.05) is 10.6 Å². The van der Waals surface area contributed by atoms with Crippen LogP contribution >= 0.6 is 23.2 Å². The second kappa shape index (κ2) is 12.1. The SMILES string of the molecule is COC(=O)[C@@H](NC(=O)c1cc2ccccc2cc1NC(=O)c1ccc(-c2ccc(Cl)cc2Cl)o1)C1CCCCC1. The Hall–Kier alpha value is -3.81. The average molecular weight is 579 g/mol. The third-order valence-electron chi connectivity index (χ3n) is 7.27. The number of furan rings is 1. The molecular formula is C31H28Cl2N2O5. The lowest BCUT2D eigenvalue weighted by molar-refractivity contribution is -0.144. The van der Waals surface area contributed by atoms with Crippen molar-refractivity contribution in [3.05, 3.63) is 88.1 Å². The molecule has 1 fully saturated rings. The molecule has 2 amide bonds. The molecule has 1 heterocycles. The molecular weight excluding hydrogens is 551 g/mol. The van der Waals surface area contributed by atoms with Crippen LogP contribution in [0.25, 0.3) is 22.1 Å². The molecule has 4 aromatic rings. The monoisotopic (exact) mass is 578 g/mol. The summed E-state index contributed by atoms with van der Waals surface area (Å²) < 4.78 is 10.8. The van der Waals surface area contributed by atoms with E-state index in [-0.39, 0.29) is 22.9 Å². The fraction of sp³-hybridized carbons (Fsp3) is 0.258. The predicted octanol–water partition coefficient (Wildman–Crippen LogP) is 7.51. The van der Waals surface area contributed by atoms with Crippen LogP contribution in [0.1, 0.15) is 53.0 Å². The van der Waals surface area contributed by atoms with Crippen LogP contribution in [-0.4, -0.2) is 30.9 Å². The van der Waals surface area contributed by atoms with Crippen LogP contribution in [0.4, 0.5) is 5.69 Å². The molecule has 0 aliphatic heterocycles. The van der Waals surface area contributed by atoms with Crippen LogP contribution in [0, 0.1) is 5.92 Å². The van der Waals surface area contributed by atoms with Crippen LogP contribution in [0.3, 0.4) is 0 Å². The van der Waals surface area contributed by atoms with Gasteiger partial charge in [-0.15, -0.1) is 0 Å². The van der Waals surface area contributed by atoms with Crippen molar-refractivity contribution >= 4 is 57.4 Å². The summed E-state index contributed by atoms with van der Waals surface area (Å²) >= 11 is 12.3. The first-order valence-corrected chi connectivity index (χ1v) is 13.9. The first-order valence-electron chi connectivity index (χ1n) is 13.1. The van der Waals surface area contributed by atoms with E-state index in [0.717, 1.165) is 42.9 Å². The van der Waals surface area contributed by atoms with Crippen molar-refractivity contribution in [2.45, 2.75) is 38.1 Å². The molecule has 2 N–H and O–H groups in total. The first-order chi connectivity index (χ1) is 19.3. The molecule has 206 valence electrons. The number of nitrogens with one attached hydrogen (secondary N) is 2. The van der Waals surface area contributed by atoms with Gasteiger partial charge in [0.25, 0.3) is 11.8 Å². The zero-order chi connectivity index (χ0) is 28.2. The minimum atomic E-state index is -0.774. The van der Waals surface area contributed by atoms with Crippen LogP contribution in [-0.2, 0) is 9.53 Å². The van der Waals surface area contributed by atoms with E-state index in [4.69, 9.17) is 32.4 Å². The van der Waals surface area contributed by atoms with Crippen LogP contribution in [0.5, 0.6) is 0 Å². The topological polar surface area (TPSA) is 97.6 Å². The van der Waals surface area contributed by atoms with Crippen molar-refractivity contribution < 1.29 is 23.5 Å². The Kier molecular flexibility index (Phi) is 8.43. The second-order valence-corrected chi connectivity index (χ2v) is 10.7. The molecule has 0 bridgehead atoms. The number of amides is 2. The predicted molar refractivity (Wildman–Crippen MR) is 156 cm³/mol.